The summed E-state index contributed by atoms with van der Waals surface area (Å²) in [6.45, 7) is -0.458. The molecule has 0 fully saturated rings. The van der Waals surface area contributed by atoms with E-state index < -0.39 is 24.3 Å². The monoisotopic (exact) mass is 365 g/mol. The van der Waals surface area contributed by atoms with Gasteiger partial charge >= 0.3 is 5.97 Å². The van der Waals surface area contributed by atoms with Crippen LogP contribution in [-0.4, -0.2) is 18.5 Å². The van der Waals surface area contributed by atoms with Gasteiger partial charge in [-0.3, -0.25) is 4.79 Å². The third kappa shape index (κ3) is 5.40. The number of ether oxygens (including phenoxy) is 2. The lowest BCUT2D eigenvalue weighted by atomic mass is 10.2. The molecular formula is C21H16FNO4. The molecule has 27 heavy (non-hydrogen) atoms. The maximum atomic E-state index is 12.8. The topological polar surface area (TPSA) is 64.6 Å². The Labute approximate surface area is 155 Å². The van der Waals surface area contributed by atoms with Gasteiger partial charge < -0.3 is 14.8 Å². The lowest BCUT2D eigenvalue weighted by Crippen LogP contribution is -2.20. The first-order valence-electron chi connectivity index (χ1n) is 8.16. The van der Waals surface area contributed by atoms with Crippen molar-refractivity contribution in [3.05, 3.63) is 90.2 Å². The number of hydrogen-bond donors (Lipinski definition) is 1. The van der Waals surface area contributed by atoms with Crippen molar-refractivity contribution in [1.82, 2.24) is 0 Å². The third-order valence-corrected chi connectivity index (χ3v) is 3.51. The highest BCUT2D eigenvalue weighted by molar-refractivity contribution is 5.95. The van der Waals surface area contributed by atoms with E-state index in [4.69, 9.17) is 9.47 Å². The quantitative estimate of drug-likeness (QED) is 0.657. The zero-order valence-corrected chi connectivity index (χ0v) is 14.2. The van der Waals surface area contributed by atoms with E-state index in [-0.39, 0.29) is 5.56 Å². The number of para-hydroxylation sites is 1. The largest absolute Gasteiger partial charge is 0.457 e. The average Bonchev–Trinajstić information content (AvgIpc) is 2.69. The number of esters is 1. The maximum absolute atomic E-state index is 12.8. The highest BCUT2D eigenvalue weighted by Gasteiger charge is 2.11. The number of carbonyl (C=O) groups excluding carboxylic acids is 2. The molecule has 0 radical (unpaired) electrons. The number of carbonyl (C=O) groups is 2. The first-order chi connectivity index (χ1) is 13.1. The molecule has 3 aromatic rings. The molecule has 0 saturated carbocycles. The van der Waals surface area contributed by atoms with Crippen molar-refractivity contribution < 1.29 is 23.5 Å². The Balaban J connectivity index is 1.55. The van der Waals surface area contributed by atoms with Crippen LogP contribution in [0.15, 0.2) is 78.9 Å². The van der Waals surface area contributed by atoms with Crippen molar-refractivity contribution >= 4 is 17.6 Å². The second kappa shape index (κ2) is 8.62. The zero-order valence-electron chi connectivity index (χ0n) is 14.2. The van der Waals surface area contributed by atoms with E-state index in [1.807, 2.05) is 18.2 Å². The van der Waals surface area contributed by atoms with Gasteiger partial charge in [-0.05, 0) is 54.6 Å². The molecular weight excluding hydrogens is 349 g/mol. The number of hydrogen-bond acceptors (Lipinski definition) is 4. The van der Waals surface area contributed by atoms with Gasteiger partial charge in [-0.2, -0.15) is 0 Å². The molecule has 0 saturated heterocycles. The van der Waals surface area contributed by atoms with Gasteiger partial charge in [-0.25, -0.2) is 9.18 Å². The maximum Gasteiger partial charge on any atom is 0.338 e. The molecule has 0 spiro atoms. The molecule has 136 valence electrons. The van der Waals surface area contributed by atoms with E-state index in [0.717, 1.165) is 0 Å². The molecule has 0 bridgehead atoms. The fraction of sp³-hybridized carbons (Fsp3) is 0.0476. The minimum atomic E-state index is -0.650. The first-order valence-corrected chi connectivity index (χ1v) is 8.16. The molecule has 0 aliphatic carbocycles. The van der Waals surface area contributed by atoms with Gasteiger partial charge in [0.2, 0.25) is 0 Å². The molecule has 0 unspecified atom stereocenters. The van der Waals surface area contributed by atoms with Crippen molar-refractivity contribution in [2.45, 2.75) is 0 Å². The Morgan fingerprint density at radius 3 is 2.30 bits per heavy atom. The third-order valence-electron chi connectivity index (χ3n) is 3.51. The van der Waals surface area contributed by atoms with Gasteiger partial charge in [-0.15, -0.1) is 0 Å². The number of nitrogens with one attached hydrogen (secondary N) is 1. The van der Waals surface area contributed by atoms with Crippen LogP contribution in [0.1, 0.15) is 10.4 Å². The molecule has 3 rings (SSSR count). The van der Waals surface area contributed by atoms with Crippen LogP contribution >= 0.6 is 0 Å². The van der Waals surface area contributed by atoms with Crippen LogP contribution in [0, 0.1) is 5.82 Å². The first kappa shape index (κ1) is 18.1. The van der Waals surface area contributed by atoms with E-state index >= 15 is 0 Å². The van der Waals surface area contributed by atoms with Crippen molar-refractivity contribution in [2.24, 2.45) is 0 Å². The van der Waals surface area contributed by atoms with Crippen LogP contribution in [-0.2, 0) is 9.53 Å². The second-order valence-corrected chi connectivity index (χ2v) is 5.57. The summed E-state index contributed by atoms with van der Waals surface area (Å²) in [5, 5.41) is 2.51. The van der Waals surface area contributed by atoms with Crippen molar-refractivity contribution in [3.8, 4) is 11.5 Å². The molecule has 3 aromatic carbocycles. The Hall–Kier alpha value is -3.67. The average molecular weight is 365 g/mol. The minimum Gasteiger partial charge on any atom is -0.457 e. The van der Waals surface area contributed by atoms with E-state index in [0.29, 0.717) is 17.2 Å². The van der Waals surface area contributed by atoms with Crippen LogP contribution in [0.3, 0.4) is 0 Å². The summed E-state index contributed by atoms with van der Waals surface area (Å²) in [5.41, 5.74) is 0.675. The van der Waals surface area contributed by atoms with Gasteiger partial charge in [0.25, 0.3) is 5.91 Å². The molecule has 0 aliphatic rings. The molecule has 0 aromatic heterocycles. The fourth-order valence-electron chi connectivity index (χ4n) is 2.26. The molecule has 1 N–H and O–H groups in total. The summed E-state index contributed by atoms with van der Waals surface area (Å²) in [7, 11) is 0. The SMILES string of the molecule is O=C(COC(=O)c1cccc(Oc2ccccc2)c1)Nc1ccc(F)cc1. The Morgan fingerprint density at radius 1 is 0.852 bits per heavy atom. The van der Waals surface area contributed by atoms with Crippen LogP contribution in [0.25, 0.3) is 0 Å². The second-order valence-electron chi connectivity index (χ2n) is 5.57. The van der Waals surface area contributed by atoms with Crippen molar-refractivity contribution in [3.63, 3.8) is 0 Å². The number of rotatable bonds is 6. The molecule has 0 aliphatic heterocycles. The predicted octanol–water partition coefficient (Wildman–Crippen LogP) is 4.41. The summed E-state index contributed by atoms with van der Waals surface area (Å²) in [6.07, 6.45) is 0. The molecule has 0 atom stereocenters. The van der Waals surface area contributed by atoms with E-state index in [1.165, 1.54) is 30.3 Å². The van der Waals surface area contributed by atoms with Crippen molar-refractivity contribution in [2.75, 3.05) is 11.9 Å². The molecule has 6 heteroatoms. The lowest BCUT2D eigenvalue weighted by Gasteiger charge is -2.08. The van der Waals surface area contributed by atoms with E-state index in [9.17, 15) is 14.0 Å². The highest BCUT2D eigenvalue weighted by atomic mass is 19.1. The number of benzene rings is 3. The predicted molar refractivity (Wildman–Crippen MR) is 98.3 cm³/mol. The van der Waals surface area contributed by atoms with Crippen LogP contribution in [0.4, 0.5) is 10.1 Å². The normalized spacial score (nSPS) is 10.1. The number of halogens is 1. The minimum absolute atomic E-state index is 0.262. The summed E-state index contributed by atoms with van der Waals surface area (Å²) >= 11 is 0. The smallest absolute Gasteiger partial charge is 0.338 e. The van der Waals surface area contributed by atoms with E-state index in [1.54, 1.807) is 30.3 Å². The summed E-state index contributed by atoms with van der Waals surface area (Å²) < 4.78 is 23.5. The Morgan fingerprint density at radius 2 is 1.56 bits per heavy atom. The number of anilines is 1. The van der Waals surface area contributed by atoms with Gasteiger partial charge in [0.1, 0.15) is 17.3 Å². The molecule has 5 nitrogen and oxygen atoms in total. The Kier molecular flexibility index (Phi) is 5.79. The Bertz CT molecular complexity index is 926. The standard InChI is InChI=1S/C21H16FNO4/c22-16-9-11-17(12-10-16)23-20(24)14-26-21(25)15-5-4-8-19(13-15)27-18-6-2-1-3-7-18/h1-13H,14H2,(H,23,24). The van der Waals surface area contributed by atoms with Gasteiger partial charge in [0, 0.05) is 5.69 Å². The summed E-state index contributed by atoms with van der Waals surface area (Å²) in [6, 6.07) is 20.9. The van der Waals surface area contributed by atoms with Crippen molar-refractivity contribution in [1.29, 1.82) is 0 Å². The lowest BCUT2D eigenvalue weighted by molar-refractivity contribution is -0.119. The summed E-state index contributed by atoms with van der Waals surface area (Å²) in [4.78, 5) is 24.0. The fourth-order valence-corrected chi connectivity index (χ4v) is 2.26. The van der Waals surface area contributed by atoms with Crippen LogP contribution < -0.4 is 10.1 Å². The molecule has 1 amide bonds. The highest BCUT2D eigenvalue weighted by Crippen LogP contribution is 2.22. The van der Waals surface area contributed by atoms with Gasteiger partial charge in [-0.1, -0.05) is 24.3 Å². The van der Waals surface area contributed by atoms with Gasteiger partial charge in [0.15, 0.2) is 6.61 Å². The zero-order chi connectivity index (χ0) is 19.1. The summed E-state index contributed by atoms with van der Waals surface area (Å²) in [5.74, 6) is -0.459. The van der Waals surface area contributed by atoms with Crippen LogP contribution in [0.5, 0.6) is 11.5 Å². The van der Waals surface area contributed by atoms with E-state index in [2.05, 4.69) is 5.32 Å². The number of amides is 1. The van der Waals surface area contributed by atoms with Crippen LogP contribution in [0.2, 0.25) is 0 Å². The molecule has 0 heterocycles. The van der Waals surface area contributed by atoms with Gasteiger partial charge in [0.05, 0.1) is 5.56 Å².